The van der Waals surface area contributed by atoms with Gasteiger partial charge in [0.25, 0.3) is 0 Å². The maximum Gasteiger partial charge on any atom is 0.322 e. The molecule has 0 aliphatic carbocycles. The average Bonchev–Trinajstić information content (AvgIpc) is 3.11. The lowest BCUT2D eigenvalue weighted by atomic mass is 10.3. The molecule has 6 nitrogen and oxygen atoms in total. The summed E-state index contributed by atoms with van der Waals surface area (Å²) in [6, 6.07) is 3.70. The van der Waals surface area contributed by atoms with Gasteiger partial charge >= 0.3 is 6.03 Å². The minimum atomic E-state index is -0.0855. The fourth-order valence-corrected chi connectivity index (χ4v) is 2.67. The van der Waals surface area contributed by atoms with Crippen LogP contribution in [-0.2, 0) is 0 Å². The van der Waals surface area contributed by atoms with Gasteiger partial charge in [-0.05, 0) is 17.5 Å². The predicted octanol–water partition coefficient (Wildman–Crippen LogP) is 2.22. The van der Waals surface area contributed by atoms with Crippen LogP contribution in [0.4, 0.5) is 9.80 Å². The molecule has 1 N–H and O–H groups in total. The smallest absolute Gasteiger partial charge is 0.322 e. The number of hydrogen-bond acceptors (Lipinski definition) is 5. The number of nitrogens with one attached hydrogen (secondary N) is 1. The third kappa shape index (κ3) is 3.05. The van der Waals surface area contributed by atoms with Crippen LogP contribution in [0.3, 0.4) is 0 Å². The lowest BCUT2D eigenvalue weighted by molar-refractivity contribution is 0.189. The number of carbonyl (C=O) groups is 1. The number of rotatable bonds is 3. The lowest BCUT2D eigenvalue weighted by Crippen LogP contribution is -2.34. The molecule has 20 heavy (non-hydrogen) atoms. The zero-order valence-corrected chi connectivity index (χ0v) is 11.5. The highest BCUT2D eigenvalue weighted by Gasteiger charge is 2.28. The summed E-state index contributed by atoms with van der Waals surface area (Å²) in [6.45, 7) is 1.25. The first-order chi connectivity index (χ1) is 9.81. The van der Waals surface area contributed by atoms with E-state index in [1.807, 2.05) is 17.5 Å². The second kappa shape index (κ2) is 5.87. The Kier molecular flexibility index (Phi) is 3.78. The summed E-state index contributed by atoms with van der Waals surface area (Å²) in [5.74, 6) is 0.498. The van der Waals surface area contributed by atoms with Gasteiger partial charge in [-0.3, -0.25) is 10.3 Å². The van der Waals surface area contributed by atoms with Gasteiger partial charge in [0.2, 0.25) is 5.88 Å². The highest BCUT2D eigenvalue weighted by Crippen LogP contribution is 2.19. The maximum absolute atomic E-state index is 12.0. The Morgan fingerprint density at radius 2 is 2.45 bits per heavy atom. The van der Waals surface area contributed by atoms with Crippen LogP contribution in [0.1, 0.15) is 6.42 Å². The van der Waals surface area contributed by atoms with Crippen LogP contribution < -0.4 is 10.1 Å². The number of amides is 2. The second-order valence-corrected chi connectivity index (χ2v) is 5.37. The van der Waals surface area contributed by atoms with Crippen molar-refractivity contribution < 1.29 is 9.53 Å². The van der Waals surface area contributed by atoms with E-state index < -0.39 is 0 Å². The first kappa shape index (κ1) is 12.9. The zero-order valence-electron chi connectivity index (χ0n) is 10.7. The molecule has 104 valence electrons. The molecule has 1 aliphatic heterocycles. The molecule has 0 radical (unpaired) electrons. The van der Waals surface area contributed by atoms with Crippen molar-refractivity contribution in [2.45, 2.75) is 12.5 Å². The molecule has 0 saturated carbocycles. The van der Waals surface area contributed by atoms with E-state index in [0.717, 1.165) is 11.4 Å². The zero-order chi connectivity index (χ0) is 13.8. The highest BCUT2D eigenvalue weighted by molar-refractivity contribution is 7.14. The van der Waals surface area contributed by atoms with Gasteiger partial charge in [0, 0.05) is 25.4 Å². The van der Waals surface area contributed by atoms with Crippen molar-refractivity contribution in [3.8, 4) is 5.88 Å². The van der Waals surface area contributed by atoms with Gasteiger partial charge in [-0.25, -0.2) is 9.78 Å². The van der Waals surface area contributed by atoms with Gasteiger partial charge < -0.3 is 9.64 Å². The largest absolute Gasteiger partial charge is 0.471 e. The fourth-order valence-electron chi connectivity index (χ4n) is 2.06. The van der Waals surface area contributed by atoms with Gasteiger partial charge in [0.1, 0.15) is 6.10 Å². The molecule has 0 spiro atoms. The molecule has 1 unspecified atom stereocenters. The molecular weight excluding hydrogens is 276 g/mol. The van der Waals surface area contributed by atoms with E-state index in [4.69, 9.17) is 4.74 Å². The number of urea groups is 1. The number of ether oxygens (including phenoxy) is 1. The van der Waals surface area contributed by atoms with E-state index in [-0.39, 0.29) is 12.1 Å². The molecular formula is C13H14N4O2S. The number of likely N-dealkylation sites (tertiary alicyclic amines) is 1. The average molecular weight is 290 g/mol. The van der Waals surface area contributed by atoms with Gasteiger partial charge in [0.05, 0.1) is 17.7 Å². The normalized spacial score (nSPS) is 18.0. The minimum Gasteiger partial charge on any atom is -0.471 e. The number of nitrogens with zero attached hydrogens (tertiary/aromatic N) is 3. The van der Waals surface area contributed by atoms with E-state index in [1.54, 1.807) is 23.5 Å². The Morgan fingerprint density at radius 3 is 3.20 bits per heavy atom. The quantitative estimate of drug-likeness (QED) is 0.941. The number of thiophene rings is 1. The Balaban J connectivity index is 1.53. The minimum absolute atomic E-state index is 0.0271. The van der Waals surface area contributed by atoms with E-state index >= 15 is 0 Å². The summed E-state index contributed by atoms with van der Waals surface area (Å²) < 4.78 is 5.70. The Bertz CT molecular complexity index is 561. The summed E-state index contributed by atoms with van der Waals surface area (Å²) in [5, 5.41) is 5.66. The topological polar surface area (TPSA) is 67.4 Å². The van der Waals surface area contributed by atoms with E-state index in [1.165, 1.54) is 11.3 Å². The molecule has 1 aliphatic rings. The van der Waals surface area contributed by atoms with Crippen LogP contribution in [0, 0.1) is 0 Å². The first-order valence-electron chi connectivity index (χ1n) is 6.33. The highest BCUT2D eigenvalue weighted by atomic mass is 32.1. The second-order valence-electron chi connectivity index (χ2n) is 4.43. The summed E-state index contributed by atoms with van der Waals surface area (Å²) in [7, 11) is 0. The van der Waals surface area contributed by atoms with Crippen molar-refractivity contribution in [1.82, 2.24) is 14.9 Å². The number of anilines is 1. The molecule has 3 rings (SSSR count). The monoisotopic (exact) mass is 290 g/mol. The summed E-state index contributed by atoms with van der Waals surface area (Å²) in [5.41, 5.74) is 0. The standard InChI is InChI=1S/C13H14N4O2S/c18-13(16-12-2-1-7-20-12)17-6-3-10(9-17)19-11-8-14-4-5-15-11/h1-2,4-5,7-8,10H,3,6,9H2,(H,16,18). The first-order valence-corrected chi connectivity index (χ1v) is 7.21. The molecule has 1 saturated heterocycles. The van der Waals surface area contributed by atoms with Crippen LogP contribution in [0.25, 0.3) is 0 Å². The van der Waals surface area contributed by atoms with Crippen LogP contribution in [0.15, 0.2) is 36.1 Å². The molecule has 0 aromatic carbocycles. The molecule has 2 aromatic heterocycles. The molecule has 2 amide bonds. The number of aromatic nitrogens is 2. The fraction of sp³-hybridized carbons (Fsp3) is 0.308. The summed E-state index contributed by atoms with van der Waals surface area (Å²) >= 11 is 1.51. The van der Waals surface area contributed by atoms with Crippen LogP contribution in [0.5, 0.6) is 5.88 Å². The molecule has 1 fully saturated rings. The molecule has 1 atom stereocenters. The third-order valence-electron chi connectivity index (χ3n) is 3.01. The third-order valence-corrected chi connectivity index (χ3v) is 3.80. The Hall–Kier alpha value is -2.15. The number of carbonyl (C=O) groups excluding carboxylic acids is 1. The van der Waals surface area contributed by atoms with E-state index in [2.05, 4.69) is 15.3 Å². The molecule has 7 heteroatoms. The van der Waals surface area contributed by atoms with Crippen molar-refractivity contribution >= 4 is 22.4 Å². The summed E-state index contributed by atoms with van der Waals surface area (Å²) in [4.78, 5) is 21.8. The van der Waals surface area contributed by atoms with Gasteiger partial charge in [-0.1, -0.05) is 0 Å². The van der Waals surface area contributed by atoms with Crippen molar-refractivity contribution in [3.63, 3.8) is 0 Å². The predicted molar refractivity (Wildman–Crippen MR) is 76.0 cm³/mol. The van der Waals surface area contributed by atoms with Crippen molar-refractivity contribution in [3.05, 3.63) is 36.1 Å². The van der Waals surface area contributed by atoms with Crippen LogP contribution >= 0.6 is 11.3 Å². The molecule has 3 heterocycles. The van der Waals surface area contributed by atoms with E-state index in [9.17, 15) is 4.79 Å². The van der Waals surface area contributed by atoms with Gasteiger partial charge in [0.15, 0.2) is 0 Å². The van der Waals surface area contributed by atoms with Crippen molar-refractivity contribution in [2.75, 3.05) is 18.4 Å². The lowest BCUT2D eigenvalue weighted by Gasteiger charge is -2.16. The van der Waals surface area contributed by atoms with E-state index in [0.29, 0.717) is 19.0 Å². The Morgan fingerprint density at radius 1 is 1.50 bits per heavy atom. The van der Waals surface area contributed by atoms with Gasteiger partial charge in [-0.15, -0.1) is 11.3 Å². The SMILES string of the molecule is O=C(Nc1cccs1)N1CCC(Oc2cnccn2)C1. The maximum atomic E-state index is 12.0. The Labute approximate surface area is 120 Å². The molecule has 2 aromatic rings. The van der Waals surface area contributed by atoms with Crippen LogP contribution in [0.2, 0.25) is 0 Å². The van der Waals surface area contributed by atoms with Crippen LogP contribution in [-0.4, -0.2) is 40.1 Å². The van der Waals surface area contributed by atoms with Crippen molar-refractivity contribution in [1.29, 1.82) is 0 Å². The molecule has 0 bridgehead atoms. The number of hydrogen-bond donors (Lipinski definition) is 1. The van der Waals surface area contributed by atoms with Crippen molar-refractivity contribution in [2.24, 2.45) is 0 Å². The summed E-state index contributed by atoms with van der Waals surface area (Å²) in [6.07, 6.45) is 5.54. The van der Waals surface area contributed by atoms with Gasteiger partial charge in [-0.2, -0.15) is 0 Å².